The Morgan fingerprint density at radius 2 is 2.18 bits per heavy atom. The monoisotopic (exact) mass is 173 g/mol. The van der Waals surface area contributed by atoms with E-state index < -0.39 is 17.5 Å². The van der Waals surface area contributed by atoms with Crippen LogP contribution in [0.15, 0.2) is 4.79 Å². The highest BCUT2D eigenvalue weighted by Crippen LogP contribution is 1.81. The minimum absolute atomic E-state index is 0.147. The first-order chi connectivity index (χ1) is 5.09. The number of H-pyrrole nitrogens is 2. The summed E-state index contributed by atoms with van der Waals surface area (Å²) in [6.45, 7) is 0. The lowest BCUT2D eigenvalue weighted by atomic mass is 10.6. The van der Waals surface area contributed by atoms with E-state index in [0.29, 0.717) is 0 Å². The van der Waals surface area contributed by atoms with Crippen LogP contribution in [0.1, 0.15) is 10.6 Å². The average Bonchev–Trinajstić information content (AvgIpc) is 1.85. The SMILES string of the molecule is O=C(O)c1nc(=S)[nH]c(=O)[nH]1. The second kappa shape index (κ2) is 2.62. The van der Waals surface area contributed by atoms with Gasteiger partial charge in [0.15, 0.2) is 0 Å². The highest BCUT2D eigenvalue weighted by atomic mass is 32.1. The molecule has 0 bridgehead atoms. The number of aromatic nitrogens is 3. The maximum absolute atomic E-state index is 10.5. The predicted octanol–water partition coefficient (Wildman–Crippen LogP) is -0.474. The Kier molecular flexibility index (Phi) is 1.81. The van der Waals surface area contributed by atoms with Gasteiger partial charge >= 0.3 is 11.7 Å². The van der Waals surface area contributed by atoms with E-state index >= 15 is 0 Å². The van der Waals surface area contributed by atoms with Gasteiger partial charge in [0.1, 0.15) is 0 Å². The molecule has 7 heteroatoms. The van der Waals surface area contributed by atoms with E-state index in [2.05, 4.69) is 22.2 Å². The Morgan fingerprint density at radius 1 is 1.55 bits per heavy atom. The molecule has 0 aromatic carbocycles. The Hall–Kier alpha value is -1.50. The third-order valence-corrected chi connectivity index (χ3v) is 1.06. The number of hydrogen-bond donors (Lipinski definition) is 3. The van der Waals surface area contributed by atoms with Crippen LogP contribution in [0.4, 0.5) is 0 Å². The fraction of sp³-hybridized carbons (Fsp3) is 0. The molecule has 0 saturated carbocycles. The summed E-state index contributed by atoms with van der Waals surface area (Å²) in [6.07, 6.45) is 0. The van der Waals surface area contributed by atoms with E-state index in [0.717, 1.165) is 0 Å². The summed E-state index contributed by atoms with van der Waals surface area (Å²) in [6, 6.07) is 0. The van der Waals surface area contributed by atoms with Crippen molar-refractivity contribution in [1.29, 1.82) is 0 Å². The normalized spacial score (nSPS) is 9.45. The molecule has 1 aromatic rings. The van der Waals surface area contributed by atoms with E-state index in [1.165, 1.54) is 0 Å². The summed E-state index contributed by atoms with van der Waals surface area (Å²) in [5.74, 6) is -1.78. The van der Waals surface area contributed by atoms with Crippen molar-refractivity contribution in [2.24, 2.45) is 0 Å². The first-order valence-corrected chi connectivity index (χ1v) is 2.94. The van der Waals surface area contributed by atoms with Crippen LogP contribution in [0.3, 0.4) is 0 Å². The smallest absolute Gasteiger partial charge is 0.372 e. The molecule has 0 aliphatic carbocycles. The van der Waals surface area contributed by atoms with E-state index in [-0.39, 0.29) is 4.77 Å². The van der Waals surface area contributed by atoms with E-state index in [9.17, 15) is 9.59 Å². The van der Waals surface area contributed by atoms with E-state index in [4.69, 9.17) is 5.11 Å². The molecule has 0 fully saturated rings. The summed E-state index contributed by atoms with van der Waals surface area (Å²) < 4.78 is -0.147. The van der Waals surface area contributed by atoms with Crippen LogP contribution in [0.2, 0.25) is 0 Å². The summed E-state index contributed by atoms with van der Waals surface area (Å²) in [7, 11) is 0. The minimum Gasteiger partial charge on any atom is -0.475 e. The van der Waals surface area contributed by atoms with Crippen LogP contribution < -0.4 is 5.69 Å². The van der Waals surface area contributed by atoms with Gasteiger partial charge in [-0.25, -0.2) is 9.59 Å². The zero-order valence-corrected chi connectivity index (χ0v) is 5.94. The third kappa shape index (κ3) is 1.71. The molecule has 0 aliphatic rings. The maximum Gasteiger partial charge on any atom is 0.372 e. The Labute approximate surface area is 64.9 Å². The number of nitrogens with zero attached hydrogens (tertiary/aromatic N) is 1. The van der Waals surface area contributed by atoms with Crippen LogP contribution in [-0.4, -0.2) is 26.0 Å². The zero-order valence-electron chi connectivity index (χ0n) is 5.12. The van der Waals surface area contributed by atoms with Gasteiger partial charge in [0, 0.05) is 0 Å². The lowest BCUT2D eigenvalue weighted by Gasteiger charge is -1.89. The number of hydrogen-bond acceptors (Lipinski definition) is 4. The van der Waals surface area contributed by atoms with Gasteiger partial charge in [-0.2, -0.15) is 4.98 Å². The van der Waals surface area contributed by atoms with Crippen molar-refractivity contribution in [3.8, 4) is 0 Å². The van der Waals surface area contributed by atoms with E-state index in [1.54, 1.807) is 0 Å². The van der Waals surface area contributed by atoms with Gasteiger partial charge < -0.3 is 5.11 Å². The first kappa shape index (κ1) is 7.61. The Balaban J connectivity index is 3.42. The summed E-state index contributed by atoms with van der Waals surface area (Å²) in [5, 5.41) is 8.34. The second-order valence-electron chi connectivity index (χ2n) is 1.65. The fourth-order valence-electron chi connectivity index (χ4n) is 0.495. The molecule has 58 valence electrons. The average molecular weight is 173 g/mol. The van der Waals surface area contributed by atoms with Crippen LogP contribution in [-0.2, 0) is 0 Å². The summed E-state index contributed by atoms with van der Waals surface area (Å²) in [4.78, 5) is 28.1. The molecule has 0 saturated heterocycles. The topological polar surface area (TPSA) is 98.8 Å². The van der Waals surface area contributed by atoms with Crippen molar-refractivity contribution in [3.05, 3.63) is 21.1 Å². The molecule has 0 radical (unpaired) electrons. The maximum atomic E-state index is 10.5. The number of carbonyl (C=O) groups is 1. The number of aromatic carboxylic acids is 1. The summed E-state index contributed by atoms with van der Waals surface area (Å²) >= 11 is 4.46. The lowest BCUT2D eigenvalue weighted by Crippen LogP contribution is -2.17. The van der Waals surface area contributed by atoms with Crippen molar-refractivity contribution in [3.63, 3.8) is 0 Å². The van der Waals surface area contributed by atoms with Crippen LogP contribution >= 0.6 is 12.2 Å². The number of aromatic amines is 2. The highest BCUT2D eigenvalue weighted by Gasteiger charge is 2.04. The molecule has 6 nitrogen and oxygen atoms in total. The fourth-order valence-corrected chi connectivity index (χ4v) is 0.679. The molecule has 0 spiro atoms. The number of carboxylic acids is 1. The summed E-state index contributed by atoms with van der Waals surface area (Å²) in [5.41, 5.74) is -0.678. The molecule has 1 rings (SSSR count). The van der Waals surface area contributed by atoms with Crippen molar-refractivity contribution in [1.82, 2.24) is 15.0 Å². The molecule has 0 amide bonds. The van der Waals surface area contributed by atoms with Crippen LogP contribution in [0, 0.1) is 4.77 Å². The molecule has 11 heavy (non-hydrogen) atoms. The number of carboxylic acid groups (broad SMARTS) is 1. The molecule has 0 unspecified atom stereocenters. The standard InChI is InChI=1S/C4H3N3O3S/c8-2(9)1-5-3(10)7-4(11)6-1/h(H,8,9)(H2,5,6,7,10,11). The zero-order chi connectivity index (χ0) is 8.43. The third-order valence-electron chi connectivity index (χ3n) is 0.868. The van der Waals surface area contributed by atoms with Crippen molar-refractivity contribution >= 4 is 18.2 Å². The van der Waals surface area contributed by atoms with Gasteiger partial charge in [-0.05, 0) is 12.2 Å². The molecular weight excluding hydrogens is 170 g/mol. The largest absolute Gasteiger partial charge is 0.475 e. The van der Waals surface area contributed by atoms with Gasteiger partial charge in [-0.3, -0.25) is 9.97 Å². The van der Waals surface area contributed by atoms with Gasteiger partial charge in [-0.15, -0.1) is 0 Å². The molecule has 0 atom stereocenters. The molecular formula is C4H3N3O3S. The number of rotatable bonds is 1. The van der Waals surface area contributed by atoms with Gasteiger partial charge in [0.2, 0.25) is 10.6 Å². The minimum atomic E-state index is -1.32. The van der Waals surface area contributed by atoms with Crippen molar-refractivity contribution in [2.75, 3.05) is 0 Å². The van der Waals surface area contributed by atoms with E-state index in [1.807, 2.05) is 4.98 Å². The second-order valence-corrected chi connectivity index (χ2v) is 2.04. The molecule has 0 aliphatic heterocycles. The lowest BCUT2D eigenvalue weighted by molar-refractivity contribution is 0.0682. The van der Waals surface area contributed by atoms with Gasteiger partial charge in [0.25, 0.3) is 0 Å². The van der Waals surface area contributed by atoms with Crippen molar-refractivity contribution in [2.45, 2.75) is 0 Å². The quantitative estimate of drug-likeness (QED) is 0.498. The Morgan fingerprint density at radius 3 is 2.64 bits per heavy atom. The highest BCUT2D eigenvalue weighted by molar-refractivity contribution is 7.71. The predicted molar refractivity (Wildman–Crippen MR) is 37.0 cm³/mol. The van der Waals surface area contributed by atoms with Crippen LogP contribution in [0.5, 0.6) is 0 Å². The first-order valence-electron chi connectivity index (χ1n) is 2.53. The van der Waals surface area contributed by atoms with Gasteiger partial charge in [0.05, 0.1) is 0 Å². The molecule has 1 heterocycles. The molecule has 3 N–H and O–H groups in total. The van der Waals surface area contributed by atoms with Crippen LogP contribution in [0.25, 0.3) is 0 Å². The number of nitrogens with one attached hydrogen (secondary N) is 2. The molecule has 1 aromatic heterocycles. The van der Waals surface area contributed by atoms with Crippen molar-refractivity contribution < 1.29 is 9.90 Å². The Bertz CT molecular complexity index is 364. The van der Waals surface area contributed by atoms with Gasteiger partial charge in [-0.1, -0.05) is 0 Å².